The average Bonchev–Trinajstić information content (AvgIpc) is 3.58. The van der Waals surface area contributed by atoms with E-state index in [9.17, 15) is 14.7 Å². The Hall–Kier alpha value is -2.86. The molecule has 3 fully saturated rings. The molecule has 3 aliphatic carbocycles. The summed E-state index contributed by atoms with van der Waals surface area (Å²) in [5, 5.41) is 10.7. The second-order valence-corrected chi connectivity index (χ2v) is 11.3. The minimum atomic E-state index is -0.841. The summed E-state index contributed by atoms with van der Waals surface area (Å²) in [4.78, 5) is 29.4. The fraction of sp³-hybridized carbons (Fsp3) is 0.517. The van der Waals surface area contributed by atoms with E-state index in [4.69, 9.17) is 9.47 Å². The van der Waals surface area contributed by atoms with Crippen molar-refractivity contribution in [2.45, 2.75) is 75.0 Å². The number of carbonyl (C=O) groups excluding carboxylic acids is 2. The lowest BCUT2D eigenvalue weighted by Gasteiger charge is -2.63. The number of piperidine rings is 1. The summed E-state index contributed by atoms with van der Waals surface area (Å²) >= 11 is 0. The highest BCUT2D eigenvalue weighted by atomic mass is 16.6. The van der Waals surface area contributed by atoms with E-state index < -0.39 is 17.1 Å². The van der Waals surface area contributed by atoms with Gasteiger partial charge in [-0.2, -0.15) is 0 Å². The van der Waals surface area contributed by atoms with Crippen molar-refractivity contribution in [2.75, 3.05) is 13.1 Å². The number of ketones is 1. The van der Waals surface area contributed by atoms with Gasteiger partial charge in [0, 0.05) is 18.5 Å². The third-order valence-corrected chi connectivity index (χ3v) is 9.28. The quantitative estimate of drug-likeness (QED) is 0.669. The number of phenols is 1. The smallest absolute Gasteiger partial charge is 0.310 e. The van der Waals surface area contributed by atoms with Crippen LogP contribution >= 0.6 is 0 Å². The standard InChI is InChI=1S/C29H31NO5/c1-17-2-4-18(5-3-17)14-24(33)35-29-11-10-22(32)27-28(29)12-13-30(16-19-6-7-19)23(29)15-20-8-9-21(31)26(34-27)25(20)28/h2-5,8-9,19,23,27,31H,6-7,10-16H2,1H3/t23?,27-,28?,29+/m0/s1. The molecule has 182 valence electrons. The number of aromatic hydroxyl groups is 1. The second kappa shape index (κ2) is 7.33. The van der Waals surface area contributed by atoms with Gasteiger partial charge in [0.2, 0.25) is 0 Å². The van der Waals surface area contributed by atoms with E-state index >= 15 is 0 Å². The lowest BCUT2D eigenvalue weighted by Crippen LogP contribution is -2.77. The Bertz CT molecular complexity index is 1230. The van der Waals surface area contributed by atoms with Crippen LogP contribution in [0.15, 0.2) is 36.4 Å². The van der Waals surface area contributed by atoms with Gasteiger partial charge in [0.05, 0.1) is 17.9 Å². The molecule has 2 unspecified atom stereocenters. The van der Waals surface area contributed by atoms with Crippen molar-refractivity contribution in [3.05, 3.63) is 58.7 Å². The minimum Gasteiger partial charge on any atom is -0.504 e. The fourth-order valence-electron chi connectivity index (χ4n) is 7.55. The maximum absolute atomic E-state index is 13.6. The molecule has 2 aliphatic heterocycles. The first-order valence-corrected chi connectivity index (χ1v) is 13.0. The number of carbonyl (C=O) groups is 2. The Morgan fingerprint density at radius 3 is 2.74 bits per heavy atom. The number of hydrogen-bond acceptors (Lipinski definition) is 6. The van der Waals surface area contributed by atoms with Crippen molar-refractivity contribution < 1.29 is 24.2 Å². The molecule has 2 saturated carbocycles. The van der Waals surface area contributed by atoms with Gasteiger partial charge in [-0.1, -0.05) is 35.9 Å². The van der Waals surface area contributed by atoms with Gasteiger partial charge in [-0.3, -0.25) is 14.5 Å². The molecule has 2 aromatic carbocycles. The van der Waals surface area contributed by atoms with E-state index in [-0.39, 0.29) is 30.0 Å². The number of Topliss-reactive ketones (excluding diaryl/α,β-unsaturated/α-hetero) is 1. The van der Waals surface area contributed by atoms with Crippen LogP contribution in [0.3, 0.4) is 0 Å². The van der Waals surface area contributed by atoms with Gasteiger partial charge in [-0.15, -0.1) is 0 Å². The summed E-state index contributed by atoms with van der Waals surface area (Å²) in [5.41, 5.74) is 2.53. The van der Waals surface area contributed by atoms with Crippen molar-refractivity contribution in [1.82, 2.24) is 4.90 Å². The molecule has 1 saturated heterocycles. The van der Waals surface area contributed by atoms with Crippen LogP contribution in [0.1, 0.15) is 54.4 Å². The SMILES string of the molecule is Cc1ccc(CC(=O)O[C@@]23CCC(=O)[C@@H]4Oc5c(O)ccc6c5C42CCN(CC2CC2)C3C6)cc1. The van der Waals surface area contributed by atoms with E-state index in [2.05, 4.69) is 4.90 Å². The molecular formula is C29H31NO5. The molecule has 2 bridgehead atoms. The number of ether oxygens (including phenoxy) is 2. The van der Waals surface area contributed by atoms with Crippen LogP contribution in [-0.4, -0.2) is 52.6 Å². The molecule has 2 aromatic rings. The molecule has 6 nitrogen and oxygen atoms in total. The normalized spacial score (nSPS) is 32.7. The molecular weight excluding hydrogens is 442 g/mol. The highest BCUT2D eigenvalue weighted by Gasteiger charge is 2.75. The fourth-order valence-corrected chi connectivity index (χ4v) is 7.55. The monoisotopic (exact) mass is 473 g/mol. The summed E-state index contributed by atoms with van der Waals surface area (Å²) in [7, 11) is 0. The number of rotatable bonds is 5. The molecule has 6 heteroatoms. The Balaban J connectivity index is 1.35. The van der Waals surface area contributed by atoms with E-state index in [1.165, 1.54) is 12.8 Å². The second-order valence-electron chi connectivity index (χ2n) is 11.3. The van der Waals surface area contributed by atoms with E-state index in [0.29, 0.717) is 30.9 Å². The summed E-state index contributed by atoms with van der Waals surface area (Å²) in [6.45, 7) is 3.89. The van der Waals surface area contributed by atoms with Crippen molar-refractivity contribution in [3.63, 3.8) is 0 Å². The van der Waals surface area contributed by atoms with Crippen molar-refractivity contribution in [1.29, 1.82) is 0 Å². The third kappa shape index (κ3) is 2.92. The lowest BCUT2D eigenvalue weighted by atomic mass is 9.48. The number of nitrogens with zero attached hydrogens (tertiary/aromatic N) is 1. The number of phenolic OH excluding ortho intramolecular Hbond substituents is 1. The van der Waals surface area contributed by atoms with Gasteiger partial charge in [-0.25, -0.2) is 0 Å². The van der Waals surface area contributed by atoms with Crippen LogP contribution in [0.2, 0.25) is 0 Å². The first kappa shape index (κ1) is 21.4. The van der Waals surface area contributed by atoms with Gasteiger partial charge in [0.15, 0.2) is 23.4 Å². The van der Waals surface area contributed by atoms with Crippen LogP contribution in [0.25, 0.3) is 0 Å². The summed E-state index contributed by atoms with van der Waals surface area (Å²) in [5.74, 6) is 1.00. The Kier molecular flexibility index (Phi) is 4.48. The van der Waals surface area contributed by atoms with Gasteiger partial charge in [0.25, 0.3) is 0 Å². The van der Waals surface area contributed by atoms with Crippen LogP contribution in [0.5, 0.6) is 11.5 Å². The highest BCUT2D eigenvalue weighted by Crippen LogP contribution is 2.66. The lowest BCUT2D eigenvalue weighted by molar-refractivity contribution is -0.215. The maximum Gasteiger partial charge on any atom is 0.310 e. The molecule has 1 spiro atoms. The predicted molar refractivity (Wildman–Crippen MR) is 129 cm³/mol. The third-order valence-electron chi connectivity index (χ3n) is 9.28. The zero-order chi connectivity index (χ0) is 23.9. The largest absolute Gasteiger partial charge is 0.504 e. The summed E-state index contributed by atoms with van der Waals surface area (Å²) in [6, 6.07) is 11.6. The zero-order valence-corrected chi connectivity index (χ0v) is 20.1. The topological polar surface area (TPSA) is 76.1 Å². The van der Waals surface area contributed by atoms with Gasteiger partial charge in [0.1, 0.15) is 5.60 Å². The van der Waals surface area contributed by atoms with E-state index in [1.807, 2.05) is 37.3 Å². The Morgan fingerprint density at radius 2 is 1.97 bits per heavy atom. The van der Waals surface area contributed by atoms with Gasteiger partial charge in [-0.05, 0) is 68.7 Å². The van der Waals surface area contributed by atoms with Crippen LogP contribution in [0.4, 0.5) is 0 Å². The molecule has 35 heavy (non-hydrogen) atoms. The van der Waals surface area contributed by atoms with Gasteiger partial charge >= 0.3 is 5.97 Å². The Morgan fingerprint density at radius 1 is 1.17 bits per heavy atom. The molecule has 0 radical (unpaired) electrons. The van der Waals surface area contributed by atoms with Gasteiger partial charge < -0.3 is 14.6 Å². The molecule has 0 amide bonds. The number of hydrogen-bond donors (Lipinski definition) is 1. The number of benzene rings is 2. The first-order chi connectivity index (χ1) is 16.9. The van der Waals surface area contributed by atoms with Crippen LogP contribution < -0.4 is 4.74 Å². The average molecular weight is 474 g/mol. The Labute approximate surface area is 205 Å². The number of likely N-dealkylation sites (tertiary alicyclic amines) is 1. The molecule has 1 N–H and O–H groups in total. The van der Waals surface area contributed by atoms with E-state index in [0.717, 1.165) is 41.8 Å². The van der Waals surface area contributed by atoms with Crippen molar-refractivity contribution in [2.24, 2.45) is 5.92 Å². The molecule has 4 atom stereocenters. The molecule has 0 aromatic heterocycles. The van der Waals surface area contributed by atoms with Crippen molar-refractivity contribution >= 4 is 11.8 Å². The van der Waals surface area contributed by atoms with Crippen molar-refractivity contribution in [3.8, 4) is 11.5 Å². The van der Waals surface area contributed by atoms with E-state index in [1.54, 1.807) is 6.07 Å². The highest BCUT2D eigenvalue weighted by molar-refractivity contribution is 5.90. The maximum atomic E-state index is 13.6. The molecule has 5 aliphatic rings. The first-order valence-electron chi connectivity index (χ1n) is 13.0. The molecule has 7 rings (SSSR count). The number of aryl methyl sites for hydroxylation is 1. The van der Waals surface area contributed by atoms with Crippen LogP contribution in [-0.2, 0) is 32.6 Å². The molecule has 2 heterocycles. The zero-order valence-electron chi connectivity index (χ0n) is 20.1. The summed E-state index contributed by atoms with van der Waals surface area (Å²) in [6.07, 6.45) is 4.25. The van der Waals surface area contributed by atoms with Crippen LogP contribution in [0, 0.1) is 12.8 Å². The summed E-state index contributed by atoms with van der Waals surface area (Å²) < 4.78 is 12.9. The minimum absolute atomic E-state index is 0.000936. The predicted octanol–water partition coefficient (Wildman–Crippen LogP) is 3.63. The number of esters is 1.